The Bertz CT molecular complexity index is 937. The van der Waals surface area contributed by atoms with Crippen LogP contribution in [0.4, 0.5) is 5.13 Å². The summed E-state index contributed by atoms with van der Waals surface area (Å²) in [7, 11) is 0. The van der Waals surface area contributed by atoms with Crippen molar-refractivity contribution in [1.29, 1.82) is 0 Å². The summed E-state index contributed by atoms with van der Waals surface area (Å²) in [6.45, 7) is 6.40. The summed E-state index contributed by atoms with van der Waals surface area (Å²) in [6, 6.07) is 5.69. The van der Waals surface area contributed by atoms with E-state index in [4.69, 9.17) is 9.47 Å². The topological polar surface area (TPSA) is 102 Å². The highest BCUT2D eigenvalue weighted by atomic mass is 32.1. The molecule has 4 rings (SSSR count). The Morgan fingerprint density at radius 1 is 1.40 bits per heavy atom. The third-order valence-corrected chi connectivity index (χ3v) is 5.87. The molecule has 3 heterocycles. The fraction of sp³-hybridized carbons (Fsp3) is 0.476. The van der Waals surface area contributed by atoms with Crippen LogP contribution in [0, 0.1) is 5.92 Å². The van der Waals surface area contributed by atoms with Crippen molar-refractivity contribution in [2.75, 3.05) is 31.6 Å². The summed E-state index contributed by atoms with van der Waals surface area (Å²) in [5.41, 5.74) is 1.09. The lowest BCUT2D eigenvalue weighted by Crippen LogP contribution is -2.30. The van der Waals surface area contributed by atoms with Crippen molar-refractivity contribution < 1.29 is 19.1 Å². The minimum atomic E-state index is -0.344. The molecule has 2 aliphatic heterocycles. The number of amides is 2. The van der Waals surface area contributed by atoms with Crippen LogP contribution in [-0.4, -0.2) is 48.6 Å². The lowest BCUT2D eigenvalue weighted by atomic mass is 10.0. The van der Waals surface area contributed by atoms with Gasteiger partial charge in [0, 0.05) is 23.9 Å². The number of benzene rings is 1. The van der Waals surface area contributed by atoms with Crippen LogP contribution in [0.25, 0.3) is 0 Å². The average molecular weight is 431 g/mol. The van der Waals surface area contributed by atoms with Crippen molar-refractivity contribution in [3.05, 3.63) is 34.8 Å². The van der Waals surface area contributed by atoms with Gasteiger partial charge in [0.25, 0.3) is 11.8 Å². The quantitative estimate of drug-likeness (QED) is 0.623. The number of rotatable bonds is 7. The number of thiazole rings is 1. The average Bonchev–Trinajstić information content (AvgIpc) is 3.43. The van der Waals surface area contributed by atoms with Gasteiger partial charge in [-0.15, -0.1) is 11.3 Å². The Morgan fingerprint density at radius 2 is 2.27 bits per heavy atom. The van der Waals surface area contributed by atoms with Crippen LogP contribution in [0.15, 0.2) is 23.6 Å². The van der Waals surface area contributed by atoms with Gasteiger partial charge in [-0.05, 0) is 45.3 Å². The lowest BCUT2D eigenvalue weighted by molar-refractivity contribution is -0.118. The van der Waals surface area contributed by atoms with Gasteiger partial charge in [-0.1, -0.05) is 12.1 Å². The highest BCUT2D eigenvalue weighted by Gasteiger charge is 2.32. The molecule has 0 bridgehead atoms. The molecule has 30 heavy (non-hydrogen) atoms. The number of hydrogen-bond donors (Lipinski definition) is 3. The Morgan fingerprint density at radius 3 is 3.07 bits per heavy atom. The van der Waals surface area contributed by atoms with Crippen LogP contribution in [-0.2, 0) is 11.2 Å². The zero-order chi connectivity index (χ0) is 21.1. The van der Waals surface area contributed by atoms with Gasteiger partial charge in [0.15, 0.2) is 23.2 Å². The van der Waals surface area contributed by atoms with Crippen LogP contribution in [0.2, 0.25) is 0 Å². The minimum Gasteiger partial charge on any atom is -0.483 e. The van der Waals surface area contributed by atoms with Crippen LogP contribution >= 0.6 is 11.3 Å². The number of carbonyl (C=O) groups excluding carboxylic acids is 2. The molecule has 8 nitrogen and oxygen atoms in total. The Balaban J connectivity index is 1.27. The molecule has 160 valence electrons. The number of anilines is 1. The number of para-hydroxylation sites is 1. The SMILES string of the molecule is CC1(C)Cc2cccc(OCC(=O)Nc3nc(C(=O)NCC4CCNC4)cs3)c2O1. The zero-order valence-corrected chi connectivity index (χ0v) is 17.9. The summed E-state index contributed by atoms with van der Waals surface area (Å²) < 4.78 is 11.6. The Labute approximate surface area is 179 Å². The number of hydrogen-bond acceptors (Lipinski definition) is 7. The second-order valence-electron chi connectivity index (χ2n) is 8.23. The molecule has 9 heteroatoms. The molecule has 1 fully saturated rings. The molecule has 1 atom stereocenters. The first-order valence-corrected chi connectivity index (χ1v) is 11.0. The molecule has 0 spiro atoms. The van der Waals surface area contributed by atoms with E-state index >= 15 is 0 Å². The van der Waals surface area contributed by atoms with Gasteiger partial charge in [0.1, 0.15) is 11.3 Å². The van der Waals surface area contributed by atoms with E-state index in [1.54, 1.807) is 11.4 Å². The number of nitrogens with zero attached hydrogens (tertiary/aromatic N) is 1. The number of nitrogens with one attached hydrogen (secondary N) is 3. The van der Waals surface area contributed by atoms with Crippen molar-refractivity contribution in [2.24, 2.45) is 5.92 Å². The third kappa shape index (κ3) is 4.91. The van der Waals surface area contributed by atoms with Crippen LogP contribution < -0.4 is 25.4 Å². The summed E-state index contributed by atoms with van der Waals surface area (Å²) in [5.74, 6) is 1.13. The van der Waals surface area contributed by atoms with Crippen LogP contribution in [0.5, 0.6) is 11.5 Å². The normalized spacial score (nSPS) is 19.1. The van der Waals surface area contributed by atoms with Gasteiger partial charge in [0.05, 0.1) is 0 Å². The van der Waals surface area contributed by atoms with E-state index < -0.39 is 0 Å². The summed E-state index contributed by atoms with van der Waals surface area (Å²) in [5, 5.41) is 10.9. The van der Waals surface area contributed by atoms with Gasteiger partial charge in [-0.3, -0.25) is 14.9 Å². The molecule has 2 aliphatic rings. The molecule has 1 saturated heterocycles. The first kappa shape index (κ1) is 20.6. The number of fused-ring (bicyclic) bond motifs is 1. The molecular formula is C21H26N4O4S. The molecule has 0 radical (unpaired) electrons. The largest absolute Gasteiger partial charge is 0.483 e. The molecule has 0 saturated carbocycles. The first-order chi connectivity index (χ1) is 14.4. The van der Waals surface area contributed by atoms with Gasteiger partial charge in [-0.25, -0.2) is 4.98 Å². The summed E-state index contributed by atoms with van der Waals surface area (Å²) in [4.78, 5) is 28.7. The Hall–Kier alpha value is -2.65. The molecule has 2 amide bonds. The highest BCUT2D eigenvalue weighted by Crippen LogP contribution is 2.41. The number of carbonyl (C=O) groups is 2. The standard InChI is InChI=1S/C21H26N4O4S/c1-21(2)8-14-4-3-5-16(18(14)29-21)28-11-17(26)25-20-24-15(12-30-20)19(27)23-10-13-6-7-22-9-13/h3-5,12-13,22H,6-11H2,1-2H3,(H,23,27)(H,24,25,26). The van der Waals surface area contributed by atoms with E-state index in [9.17, 15) is 9.59 Å². The molecule has 3 N–H and O–H groups in total. The fourth-order valence-electron chi connectivity index (χ4n) is 3.65. The van der Waals surface area contributed by atoms with Crippen molar-refractivity contribution >= 4 is 28.3 Å². The zero-order valence-electron chi connectivity index (χ0n) is 17.1. The highest BCUT2D eigenvalue weighted by molar-refractivity contribution is 7.14. The molecule has 1 unspecified atom stereocenters. The molecule has 1 aromatic carbocycles. The molecule has 1 aromatic heterocycles. The predicted octanol–water partition coefficient (Wildman–Crippen LogP) is 2.21. The van der Waals surface area contributed by atoms with Gasteiger partial charge >= 0.3 is 0 Å². The van der Waals surface area contributed by atoms with E-state index in [1.165, 1.54) is 11.3 Å². The van der Waals surface area contributed by atoms with Crippen molar-refractivity contribution in [3.63, 3.8) is 0 Å². The maximum Gasteiger partial charge on any atom is 0.270 e. The fourth-order valence-corrected chi connectivity index (χ4v) is 4.36. The monoisotopic (exact) mass is 430 g/mol. The van der Waals surface area contributed by atoms with Crippen LogP contribution in [0.3, 0.4) is 0 Å². The van der Waals surface area contributed by atoms with E-state index in [0.29, 0.717) is 34.8 Å². The van der Waals surface area contributed by atoms with E-state index in [2.05, 4.69) is 20.9 Å². The van der Waals surface area contributed by atoms with Gasteiger partial charge < -0.3 is 20.1 Å². The van der Waals surface area contributed by atoms with Gasteiger partial charge in [-0.2, -0.15) is 0 Å². The molecule has 0 aliphatic carbocycles. The molecular weight excluding hydrogens is 404 g/mol. The Kier molecular flexibility index (Phi) is 5.92. The smallest absolute Gasteiger partial charge is 0.270 e. The number of aromatic nitrogens is 1. The summed E-state index contributed by atoms with van der Waals surface area (Å²) >= 11 is 1.21. The first-order valence-electron chi connectivity index (χ1n) is 10.1. The maximum absolute atomic E-state index is 12.3. The van der Waals surface area contributed by atoms with Gasteiger partial charge in [0.2, 0.25) is 0 Å². The van der Waals surface area contributed by atoms with Crippen molar-refractivity contribution in [2.45, 2.75) is 32.3 Å². The van der Waals surface area contributed by atoms with E-state index in [-0.39, 0.29) is 24.0 Å². The summed E-state index contributed by atoms with van der Waals surface area (Å²) in [6.07, 6.45) is 1.86. The lowest BCUT2D eigenvalue weighted by Gasteiger charge is -2.18. The second kappa shape index (κ2) is 8.61. The maximum atomic E-state index is 12.3. The van der Waals surface area contributed by atoms with E-state index in [1.807, 2.05) is 26.0 Å². The predicted molar refractivity (Wildman–Crippen MR) is 114 cm³/mol. The van der Waals surface area contributed by atoms with Crippen molar-refractivity contribution in [1.82, 2.24) is 15.6 Å². The van der Waals surface area contributed by atoms with Crippen molar-refractivity contribution in [3.8, 4) is 11.5 Å². The molecule has 2 aromatic rings. The third-order valence-electron chi connectivity index (χ3n) is 5.11. The second-order valence-corrected chi connectivity index (χ2v) is 9.08. The number of ether oxygens (including phenoxy) is 2. The van der Waals surface area contributed by atoms with Crippen LogP contribution in [0.1, 0.15) is 36.3 Å². The minimum absolute atomic E-state index is 0.171. The van der Waals surface area contributed by atoms with E-state index in [0.717, 1.165) is 31.5 Å².